The summed E-state index contributed by atoms with van der Waals surface area (Å²) in [5.74, 6) is 7.64. The summed E-state index contributed by atoms with van der Waals surface area (Å²) in [4.78, 5) is 110. The number of hydrogen-bond donors (Lipinski definition) is 6. The van der Waals surface area contributed by atoms with E-state index in [9.17, 15) is 46.7 Å². The maximum Gasteiger partial charge on any atom is 0.389 e. The molecule has 0 bridgehead atoms. The van der Waals surface area contributed by atoms with Crippen LogP contribution in [0, 0.1) is 65.2 Å². The molecular formula is C94H163F3N4O19S2Y3. The van der Waals surface area contributed by atoms with Gasteiger partial charge < -0.3 is 59.9 Å². The number of nitrogens with one attached hydrogen (secondary N) is 4. The minimum Gasteiger partial charge on any atom is -0.494 e. The van der Waals surface area contributed by atoms with Crippen LogP contribution in [-0.2, 0) is 160 Å². The van der Waals surface area contributed by atoms with Crippen LogP contribution in [0.15, 0.2) is 121 Å². The Morgan fingerprint density at radius 2 is 0.856 bits per heavy atom. The van der Waals surface area contributed by atoms with Crippen molar-refractivity contribution >= 4 is 108 Å². The molecule has 715 valence electrons. The number of hydrogen-bond acceptors (Lipinski definition) is 19. The van der Waals surface area contributed by atoms with Gasteiger partial charge in [0.05, 0.1) is 33.0 Å². The van der Waals surface area contributed by atoms with Crippen molar-refractivity contribution in [2.75, 3.05) is 62.7 Å². The van der Waals surface area contributed by atoms with Gasteiger partial charge in [-0.3, -0.25) is 43.2 Å². The number of Topliss-reactive ketones (excluding diaryl/α,β-unsaturated/α-hetero) is 1. The largest absolute Gasteiger partial charge is 0.494 e. The molecule has 4 amide bonds. The van der Waals surface area contributed by atoms with Gasteiger partial charge in [-0.1, -0.05) is 238 Å². The van der Waals surface area contributed by atoms with Crippen molar-refractivity contribution in [2.45, 2.75) is 247 Å². The van der Waals surface area contributed by atoms with Gasteiger partial charge in [-0.2, -0.15) is 13.2 Å². The van der Waals surface area contributed by atoms with Gasteiger partial charge in [-0.15, -0.1) is 0 Å². The minimum absolute atomic E-state index is 0. The number of alkyl halides is 3. The molecule has 1 aliphatic carbocycles. The summed E-state index contributed by atoms with van der Waals surface area (Å²) < 4.78 is 64.6. The van der Waals surface area contributed by atoms with Crippen LogP contribution in [0.4, 0.5) is 13.2 Å². The number of carbonyl (C=O) groups excluding carboxylic acids is 9. The summed E-state index contributed by atoms with van der Waals surface area (Å²) in [5, 5.41) is 24.4. The Bertz CT molecular complexity index is 3250. The number of carboxylic acid groups (broad SMARTS) is 2. The van der Waals surface area contributed by atoms with E-state index in [-0.39, 0.29) is 176 Å². The summed E-state index contributed by atoms with van der Waals surface area (Å²) in [5.41, 5.74) is 9.13. The quantitative estimate of drug-likeness (QED) is 0.00781. The van der Waals surface area contributed by atoms with Gasteiger partial charge in [-0.25, -0.2) is 9.59 Å². The SMILES string of the molecule is C.C.C.C.C=S.C=S.CC.CC.CC.CC(=O)O.CC(=O)O.CCC1C(C)CC(C)C1C.CCCOC(=O)/C=C/c1ccc(OC(=O)c2ccc(OCCCC(F)(F)F)cc2)cc1.CNC(C)=O.CNC(C)=O.CNC(C)=O.CNC(C)=O.COC(C)(C)C(=O)c1ccccc1.COC=O.COC=O.Cc1cc(C)cc(C)c1.Cc1ccc(C)c(C)c1.[Y].[Y].[Y]. The summed E-state index contributed by atoms with van der Waals surface area (Å²) in [6, 6.07) is 34.7. The number of thiocarbonyl (C=S) groups is 2. The van der Waals surface area contributed by atoms with Crippen LogP contribution in [0.25, 0.3) is 6.08 Å². The molecule has 1 saturated carbocycles. The first-order valence-electron chi connectivity index (χ1n) is 38.1. The number of halogens is 3. The van der Waals surface area contributed by atoms with E-state index in [0.29, 0.717) is 36.6 Å². The molecule has 5 aromatic rings. The van der Waals surface area contributed by atoms with Crippen molar-refractivity contribution in [1.29, 1.82) is 0 Å². The number of aliphatic carboxylic acids is 2. The zero-order valence-electron chi connectivity index (χ0n) is 78.5. The Kier molecular flexibility index (Phi) is 152. The standard InChI is InChI=1S/C23H23F3O5.C11H14O2.C10H20.2C9H12.4C3H7NO.4C2H4O2.3C2H6.2CH2S.4CH4.3Y/c1-2-15-30-21(27)13-6-17-4-9-20(10-5-17)31-22(28)18-7-11-19(12-8-18)29-16-3-14-23(24,25)26;1-11(2,13-3)10(12)9-7-5-4-6-8-9;1-5-10-8(3)6-7(2)9(10)4;1-7-4-8(2)6-9(3)5-7;1-7-4-5-8(2)9(3)6-7;4*1-3(5)4-2;2*1-4-2-3;2*1-2(3)4;5*1-2;;;;;;;/h4-13H,2-3,14-16H2,1H3;4-8H,1-3H3;7-10H,5-6H2,1-4H3;2*4-6H,1-3H3;4*1-2H3,(H,4,5);2*2H,1H3;2*1H3,(H,3,4);3*1-2H3;2*1H2;4*1H4;;;/b13-6+;;;;;;;;;;;;;;;;;;;;;;;;. The van der Waals surface area contributed by atoms with Gasteiger partial charge in [0, 0.05) is 193 Å². The third kappa shape index (κ3) is 124. The molecular weight excluding hydrogens is 1880 g/mol. The Balaban J connectivity index is -0.0000000606. The van der Waals surface area contributed by atoms with Crippen molar-refractivity contribution in [3.63, 3.8) is 0 Å². The molecule has 3 radical (unpaired) electrons. The molecule has 6 N–H and O–H groups in total. The number of carbonyl (C=O) groups is 11. The van der Waals surface area contributed by atoms with Crippen molar-refractivity contribution in [3.05, 3.63) is 171 Å². The molecule has 125 heavy (non-hydrogen) atoms. The number of benzene rings is 5. The molecule has 0 heterocycles. The number of methoxy groups -OCH3 is 3. The molecule has 23 nitrogen and oxygen atoms in total. The number of ether oxygens (including phenoxy) is 6. The van der Waals surface area contributed by atoms with Crippen LogP contribution in [0.5, 0.6) is 11.5 Å². The summed E-state index contributed by atoms with van der Waals surface area (Å²) in [7, 11) is 10.6. The van der Waals surface area contributed by atoms with E-state index < -0.39 is 42.1 Å². The predicted octanol–water partition coefficient (Wildman–Crippen LogP) is 22.1. The third-order valence-corrected chi connectivity index (χ3v) is 14.2. The molecule has 0 spiro atoms. The molecule has 1 aliphatic rings. The van der Waals surface area contributed by atoms with E-state index in [0.717, 1.165) is 49.5 Å². The number of amides is 4. The molecule has 0 aliphatic heterocycles. The molecule has 6 rings (SSSR count). The maximum absolute atomic E-state index is 12.2. The van der Waals surface area contributed by atoms with E-state index in [1.165, 1.54) is 118 Å². The summed E-state index contributed by atoms with van der Waals surface area (Å²) >= 11 is 7.67. The fraction of sp³-hybridized carbons (Fsp3) is 0.521. The monoisotopic (exact) mass is 2040 g/mol. The van der Waals surface area contributed by atoms with E-state index in [4.69, 9.17) is 48.3 Å². The Morgan fingerprint density at radius 1 is 0.512 bits per heavy atom. The summed E-state index contributed by atoms with van der Waals surface area (Å²) in [6.07, 6.45) is 1.25. The first-order valence-corrected chi connectivity index (χ1v) is 39.3. The second-order valence-corrected chi connectivity index (χ2v) is 24.3. The van der Waals surface area contributed by atoms with Gasteiger partial charge in [-0.05, 0) is 169 Å². The van der Waals surface area contributed by atoms with Crippen molar-refractivity contribution in [2.24, 2.45) is 23.7 Å². The molecule has 1 fully saturated rings. The average molecular weight is 2040 g/mol. The fourth-order valence-electron chi connectivity index (χ4n) is 8.19. The predicted molar refractivity (Wildman–Crippen MR) is 510 cm³/mol. The van der Waals surface area contributed by atoms with Crippen LogP contribution in [-0.4, -0.2) is 163 Å². The zero-order chi connectivity index (χ0) is 95.1. The van der Waals surface area contributed by atoms with Crippen LogP contribution < -0.4 is 30.7 Å². The van der Waals surface area contributed by atoms with Crippen LogP contribution >= 0.6 is 24.4 Å². The van der Waals surface area contributed by atoms with Crippen LogP contribution in [0.2, 0.25) is 0 Å². The first-order chi connectivity index (χ1) is 55.3. The number of rotatable bonds is 16. The van der Waals surface area contributed by atoms with E-state index in [1.54, 1.807) is 91.6 Å². The van der Waals surface area contributed by atoms with Crippen LogP contribution in [0.1, 0.15) is 253 Å². The molecule has 5 aromatic carbocycles. The number of aryl methyl sites for hydroxylation is 6. The number of ketones is 1. The average Bonchev–Trinajstić information content (AvgIpc) is 1.73. The van der Waals surface area contributed by atoms with Gasteiger partial charge in [0.2, 0.25) is 23.6 Å². The Labute approximate surface area is 840 Å². The molecule has 4 atom stereocenters. The Morgan fingerprint density at radius 3 is 1.12 bits per heavy atom. The second-order valence-electron chi connectivity index (χ2n) is 24.3. The molecule has 0 aromatic heterocycles. The topological polar surface area (TPSA) is 332 Å². The minimum atomic E-state index is -4.20. The first kappa shape index (κ1) is 165. The van der Waals surface area contributed by atoms with Crippen molar-refractivity contribution < 1.29 is 203 Å². The van der Waals surface area contributed by atoms with E-state index >= 15 is 0 Å². The fourth-order valence-corrected chi connectivity index (χ4v) is 8.19. The van der Waals surface area contributed by atoms with E-state index in [1.807, 2.05) is 66.7 Å². The van der Waals surface area contributed by atoms with Gasteiger partial charge in [0.15, 0.2) is 5.78 Å². The molecule has 31 heteroatoms. The number of esters is 2. The third-order valence-electron chi connectivity index (χ3n) is 14.2. The second kappa shape index (κ2) is 115. The van der Waals surface area contributed by atoms with Crippen LogP contribution in [0.3, 0.4) is 0 Å². The zero-order valence-corrected chi connectivity index (χ0v) is 88.6. The van der Waals surface area contributed by atoms with Gasteiger partial charge >= 0.3 is 18.1 Å². The van der Waals surface area contributed by atoms with E-state index in [2.05, 4.69) is 173 Å². The summed E-state index contributed by atoms with van der Waals surface area (Å²) in [6.45, 7) is 48.9. The van der Waals surface area contributed by atoms with Crippen molar-refractivity contribution in [1.82, 2.24) is 21.3 Å². The van der Waals surface area contributed by atoms with Crippen molar-refractivity contribution in [3.8, 4) is 11.5 Å². The maximum atomic E-state index is 12.2. The molecule has 4 unspecified atom stereocenters. The Hall–Kier alpha value is -6.75. The number of carboxylic acids is 2. The normalized spacial score (nSPS) is 11.3. The van der Waals surface area contributed by atoms with Gasteiger partial charge in [0.25, 0.3) is 24.9 Å². The smallest absolute Gasteiger partial charge is 0.389 e. The molecule has 0 saturated heterocycles. The van der Waals surface area contributed by atoms with Gasteiger partial charge in [0.1, 0.15) is 17.1 Å².